The molecular weight excluding hydrogens is 276 g/mol. The van der Waals surface area contributed by atoms with Gasteiger partial charge in [0.05, 0.1) is 12.2 Å². The van der Waals surface area contributed by atoms with Crippen LogP contribution in [0.25, 0.3) is 0 Å². The van der Waals surface area contributed by atoms with E-state index in [4.69, 9.17) is 4.74 Å². The highest BCUT2D eigenvalue weighted by molar-refractivity contribution is 4.77. The van der Waals surface area contributed by atoms with Crippen LogP contribution in [-0.4, -0.2) is 36.1 Å². The van der Waals surface area contributed by atoms with Gasteiger partial charge in [-0.3, -0.25) is 0 Å². The lowest BCUT2D eigenvalue weighted by Crippen LogP contribution is -2.28. The van der Waals surface area contributed by atoms with Crippen LogP contribution in [0.15, 0.2) is 0 Å². The maximum absolute atomic E-state index is 10.2. The summed E-state index contributed by atoms with van der Waals surface area (Å²) in [5.74, 6) is 0.306. The minimum atomic E-state index is -0.200. The number of aliphatic hydroxyl groups excluding tert-OH is 2. The molecule has 0 aliphatic carbocycles. The lowest BCUT2D eigenvalue weighted by atomic mass is 9.76. The van der Waals surface area contributed by atoms with E-state index in [1.165, 1.54) is 0 Å². The van der Waals surface area contributed by atoms with Gasteiger partial charge in [0, 0.05) is 13.7 Å². The van der Waals surface area contributed by atoms with Crippen molar-refractivity contribution in [3.63, 3.8) is 0 Å². The van der Waals surface area contributed by atoms with Gasteiger partial charge in [0.25, 0.3) is 0 Å². The molecule has 0 aromatic rings. The summed E-state index contributed by atoms with van der Waals surface area (Å²) in [7, 11) is 1.76. The van der Waals surface area contributed by atoms with Crippen molar-refractivity contribution in [1.82, 2.24) is 0 Å². The second-order valence-corrected chi connectivity index (χ2v) is 8.38. The molecule has 3 nitrogen and oxygen atoms in total. The van der Waals surface area contributed by atoms with Crippen molar-refractivity contribution in [3.05, 3.63) is 0 Å². The summed E-state index contributed by atoms with van der Waals surface area (Å²) in [4.78, 5) is 0. The van der Waals surface area contributed by atoms with Gasteiger partial charge >= 0.3 is 0 Å². The molecule has 134 valence electrons. The van der Waals surface area contributed by atoms with E-state index in [1.54, 1.807) is 7.11 Å². The summed E-state index contributed by atoms with van der Waals surface area (Å²) in [6, 6.07) is 0. The molecule has 0 aliphatic rings. The first-order valence-corrected chi connectivity index (χ1v) is 8.88. The molecule has 0 heterocycles. The first-order valence-electron chi connectivity index (χ1n) is 8.88. The van der Waals surface area contributed by atoms with E-state index in [0.717, 1.165) is 38.5 Å². The van der Waals surface area contributed by atoms with Crippen molar-refractivity contribution in [1.29, 1.82) is 0 Å². The van der Waals surface area contributed by atoms with Gasteiger partial charge in [0.2, 0.25) is 0 Å². The second kappa shape index (κ2) is 9.89. The van der Waals surface area contributed by atoms with E-state index in [-0.39, 0.29) is 29.6 Å². The van der Waals surface area contributed by atoms with E-state index < -0.39 is 0 Å². The Kier molecular flexibility index (Phi) is 9.84. The zero-order valence-electron chi connectivity index (χ0n) is 16.0. The SMILES string of the molecule is COC(C)C(C)(C)CCCC(O)CCCC(C)(C)C(C)CO. The number of hydrogen-bond acceptors (Lipinski definition) is 3. The van der Waals surface area contributed by atoms with E-state index in [0.29, 0.717) is 5.92 Å². The van der Waals surface area contributed by atoms with Crippen molar-refractivity contribution in [2.24, 2.45) is 16.7 Å². The average Bonchev–Trinajstić information content (AvgIpc) is 2.44. The molecular formula is C19H40O3. The highest BCUT2D eigenvalue weighted by Gasteiger charge is 2.26. The molecule has 0 saturated heterocycles. The predicted molar refractivity (Wildman–Crippen MR) is 94.0 cm³/mol. The summed E-state index contributed by atoms with van der Waals surface area (Å²) in [6.45, 7) is 13.3. The minimum absolute atomic E-state index is 0.143. The van der Waals surface area contributed by atoms with Gasteiger partial charge in [-0.05, 0) is 49.4 Å². The maximum Gasteiger partial charge on any atom is 0.0594 e. The molecule has 2 N–H and O–H groups in total. The third-order valence-electron chi connectivity index (χ3n) is 5.78. The molecule has 0 aliphatic heterocycles. The molecule has 0 rings (SSSR count). The van der Waals surface area contributed by atoms with Crippen molar-refractivity contribution in [2.75, 3.05) is 13.7 Å². The number of rotatable bonds is 12. The zero-order chi connectivity index (χ0) is 17.4. The standard InChI is InChI=1S/C19H40O3/c1-15(14-20)18(3,4)12-8-10-17(21)11-9-13-19(5,6)16(2)22-7/h15-17,20-21H,8-14H2,1-7H3. The molecule has 3 atom stereocenters. The third-order valence-corrected chi connectivity index (χ3v) is 5.78. The highest BCUT2D eigenvalue weighted by atomic mass is 16.5. The highest BCUT2D eigenvalue weighted by Crippen LogP contribution is 2.33. The topological polar surface area (TPSA) is 49.7 Å². The molecule has 0 aromatic heterocycles. The average molecular weight is 317 g/mol. The largest absolute Gasteiger partial charge is 0.396 e. The van der Waals surface area contributed by atoms with Gasteiger partial charge in [-0.1, -0.05) is 47.5 Å². The minimum Gasteiger partial charge on any atom is -0.396 e. The van der Waals surface area contributed by atoms with E-state index in [2.05, 4.69) is 41.5 Å². The normalized spacial score (nSPS) is 17.3. The first-order chi connectivity index (χ1) is 10.1. The van der Waals surface area contributed by atoms with Crippen LogP contribution < -0.4 is 0 Å². The third kappa shape index (κ3) is 7.94. The molecule has 3 unspecified atom stereocenters. The predicted octanol–water partition coefficient (Wildman–Crippen LogP) is 4.40. The van der Waals surface area contributed by atoms with Crippen LogP contribution in [0.1, 0.15) is 80.1 Å². The van der Waals surface area contributed by atoms with Crippen molar-refractivity contribution in [3.8, 4) is 0 Å². The smallest absolute Gasteiger partial charge is 0.0594 e. The molecule has 0 spiro atoms. The fourth-order valence-corrected chi connectivity index (χ4v) is 2.75. The van der Waals surface area contributed by atoms with Gasteiger partial charge in [0.1, 0.15) is 0 Å². The van der Waals surface area contributed by atoms with Gasteiger partial charge in [-0.15, -0.1) is 0 Å². The van der Waals surface area contributed by atoms with Gasteiger partial charge in [-0.25, -0.2) is 0 Å². The van der Waals surface area contributed by atoms with E-state index in [1.807, 2.05) is 0 Å². The van der Waals surface area contributed by atoms with Gasteiger partial charge in [-0.2, -0.15) is 0 Å². The molecule has 0 fully saturated rings. The summed E-state index contributed by atoms with van der Waals surface area (Å²) in [5, 5.41) is 19.4. The monoisotopic (exact) mass is 316 g/mol. The Morgan fingerprint density at radius 1 is 0.909 bits per heavy atom. The molecule has 0 bridgehead atoms. The number of ether oxygens (including phenoxy) is 1. The number of aliphatic hydroxyl groups is 2. The number of hydrogen-bond donors (Lipinski definition) is 2. The van der Waals surface area contributed by atoms with Crippen LogP contribution in [0.2, 0.25) is 0 Å². The summed E-state index contributed by atoms with van der Waals surface area (Å²) >= 11 is 0. The van der Waals surface area contributed by atoms with Gasteiger partial charge < -0.3 is 14.9 Å². The molecule has 3 heteroatoms. The Hall–Kier alpha value is -0.120. The summed E-state index contributed by atoms with van der Waals surface area (Å²) < 4.78 is 5.42. The Balaban J connectivity index is 3.95. The first kappa shape index (κ1) is 21.9. The lowest BCUT2D eigenvalue weighted by Gasteiger charge is -2.31. The Labute approximate surface area is 138 Å². The molecule has 0 saturated carbocycles. The second-order valence-electron chi connectivity index (χ2n) is 8.38. The van der Waals surface area contributed by atoms with Crippen LogP contribution >= 0.6 is 0 Å². The Morgan fingerprint density at radius 2 is 1.36 bits per heavy atom. The van der Waals surface area contributed by atoms with Crippen molar-refractivity contribution < 1.29 is 14.9 Å². The summed E-state index contributed by atoms with van der Waals surface area (Å²) in [5.41, 5.74) is 0.303. The molecule has 0 amide bonds. The van der Waals surface area contributed by atoms with Crippen LogP contribution in [0.4, 0.5) is 0 Å². The Morgan fingerprint density at radius 3 is 1.77 bits per heavy atom. The fraction of sp³-hybridized carbons (Fsp3) is 1.00. The van der Waals surface area contributed by atoms with E-state index in [9.17, 15) is 10.2 Å². The number of methoxy groups -OCH3 is 1. The van der Waals surface area contributed by atoms with Gasteiger partial charge in [0.15, 0.2) is 0 Å². The zero-order valence-corrected chi connectivity index (χ0v) is 16.0. The van der Waals surface area contributed by atoms with Crippen LogP contribution in [0, 0.1) is 16.7 Å². The van der Waals surface area contributed by atoms with E-state index >= 15 is 0 Å². The molecule has 0 radical (unpaired) electrons. The van der Waals surface area contributed by atoms with Crippen molar-refractivity contribution >= 4 is 0 Å². The fourth-order valence-electron chi connectivity index (χ4n) is 2.75. The lowest BCUT2D eigenvalue weighted by molar-refractivity contribution is 0.0125. The Bertz CT molecular complexity index is 258. The van der Waals surface area contributed by atoms with Crippen LogP contribution in [-0.2, 0) is 4.74 Å². The molecule has 22 heavy (non-hydrogen) atoms. The van der Waals surface area contributed by atoms with Crippen molar-refractivity contribution in [2.45, 2.75) is 92.3 Å². The quantitative estimate of drug-likeness (QED) is 0.561. The molecule has 0 aromatic carbocycles. The maximum atomic E-state index is 10.2. The van der Waals surface area contributed by atoms with Crippen LogP contribution in [0.5, 0.6) is 0 Å². The van der Waals surface area contributed by atoms with Crippen LogP contribution in [0.3, 0.4) is 0 Å². The summed E-state index contributed by atoms with van der Waals surface area (Å²) in [6.07, 6.45) is 5.97.